The monoisotopic (exact) mass is 579 g/mol. The number of sulfonamides is 1. The van der Waals surface area contributed by atoms with Gasteiger partial charge in [0, 0.05) is 12.6 Å². The molecule has 0 bridgehead atoms. The maximum atomic E-state index is 14.2. The number of methoxy groups -OCH3 is 1. The van der Waals surface area contributed by atoms with Crippen LogP contribution in [-0.2, 0) is 26.2 Å². The van der Waals surface area contributed by atoms with Crippen LogP contribution >= 0.6 is 0 Å². The Morgan fingerprint density at radius 2 is 1.61 bits per heavy atom. The molecule has 3 rings (SSSR count). The Morgan fingerprint density at radius 3 is 2.24 bits per heavy atom. The number of hydrogen-bond acceptors (Lipinski definition) is 5. The predicted molar refractivity (Wildman–Crippen MR) is 162 cm³/mol. The predicted octanol–water partition coefficient (Wildman–Crippen LogP) is 5.23. The quantitative estimate of drug-likeness (QED) is 0.299. The SMILES string of the molecule is CC[C@H](C(=O)N[C@@H](C)CC)N(Cc1cccc(OC)c1)C(=O)CN(c1cccc(C)c1C)S(=O)(=O)c1ccccc1. The number of hydrogen-bond donors (Lipinski definition) is 1. The van der Waals surface area contributed by atoms with E-state index in [1.807, 2.05) is 58.9 Å². The lowest BCUT2D eigenvalue weighted by atomic mass is 10.1. The summed E-state index contributed by atoms with van der Waals surface area (Å²) in [4.78, 5) is 29.2. The molecule has 0 radical (unpaired) electrons. The van der Waals surface area contributed by atoms with Gasteiger partial charge >= 0.3 is 0 Å². The Balaban J connectivity index is 2.10. The fourth-order valence-electron chi connectivity index (χ4n) is 4.57. The second-order valence-electron chi connectivity index (χ2n) is 10.2. The van der Waals surface area contributed by atoms with Crippen molar-refractivity contribution in [1.82, 2.24) is 10.2 Å². The number of anilines is 1. The number of aryl methyl sites for hydroxylation is 1. The molecule has 2 amide bonds. The van der Waals surface area contributed by atoms with Gasteiger partial charge in [-0.1, -0.05) is 56.3 Å². The summed E-state index contributed by atoms with van der Waals surface area (Å²) in [5.74, 6) is -0.141. The molecule has 0 unspecified atom stereocenters. The average Bonchev–Trinajstić information content (AvgIpc) is 2.97. The smallest absolute Gasteiger partial charge is 0.264 e. The Kier molecular flexibility index (Phi) is 10.9. The zero-order chi connectivity index (χ0) is 30.2. The molecule has 41 heavy (non-hydrogen) atoms. The van der Waals surface area contributed by atoms with Crippen molar-refractivity contribution < 1.29 is 22.7 Å². The lowest BCUT2D eigenvalue weighted by molar-refractivity contribution is -0.140. The first-order valence-corrected chi connectivity index (χ1v) is 15.3. The van der Waals surface area contributed by atoms with Gasteiger partial charge in [-0.3, -0.25) is 13.9 Å². The van der Waals surface area contributed by atoms with Crippen molar-refractivity contribution in [2.75, 3.05) is 18.0 Å². The lowest BCUT2D eigenvalue weighted by Crippen LogP contribution is -2.53. The van der Waals surface area contributed by atoms with Crippen molar-refractivity contribution in [2.24, 2.45) is 0 Å². The maximum Gasteiger partial charge on any atom is 0.264 e. The van der Waals surface area contributed by atoms with E-state index in [1.54, 1.807) is 43.5 Å². The van der Waals surface area contributed by atoms with Gasteiger partial charge in [0.25, 0.3) is 10.0 Å². The number of nitrogens with one attached hydrogen (secondary N) is 1. The van der Waals surface area contributed by atoms with Crippen LogP contribution in [-0.4, -0.2) is 50.9 Å². The Bertz CT molecular complexity index is 1440. The van der Waals surface area contributed by atoms with Crippen LogP contribution in [0.1, 0.15) is 50.3 Å². The summed E-state index contributed by atoms with van der Waals surface area (Å²) in [6.45, 7) is 9.10. The third kappa shape index (κ3) is 7.67. The lowest BCUT2D eigenvalue weighted by Gasteiger charge is -2.34. The molecular formula is C32H41N3O5S. The van der Waals surface area contributed by atoms with Crippen molar-refractivity contribution in [2.45, 2.75) is 71.0 Å². The molecule has 8 nitrogen and oxygen atoms in total. The van der Waals surface area contributed by atoms with Gasteiger partial charge < -0.3 is 15.0 Å². The van der Waals surface area contributed by atoms with E-state index in [0.717, 1.165) is 27.4 Å². The molecule has 0 aliphatic carbocycles. The molecule has 3 aromatic rings. The first-order chi connectivity index (χ1) is 19.5. The van der Waals surface area contributed by atoms with Crippen LogP contribution in [0.25, 0.3) is 0 Å². The molecule has 0 aliphatic rings. The van der Waals surface area contributed by atoms with Crippen LogP contribution in [0.3, 0.4) is 0 Å². The second kappa shape index (κ2) is 14.2. The highest BCUT2D eigenvalue weighted by molar-refractivity contribution is 7.92. The molecule has 9 heteroatoms. The summed E-state index contributed by atoms with van der Waals surface area (Å²) in [6.07, 6.45) is 1.09. The van der Waals surface area contributed by atoms with Crippen molar-refractivity contribution in [1.29, 1.82) is 0 Å². The molecule has 0 saturated carbocycles. The average molecular weight is 580 g/mol. The van der Waals surface area contributed by atoms with Crippen LogP contribution < -0.4 is 14.4 Å². The third-order valence-corrected chi connectivity index (χ3v) is 9.10. The number of ether oxygens (including phenoxy) is 1. The number of rotatable bonds is 13. The highest BCUT2D eigenvalue weighted by Gasteiger charge is 2.34. The molecular weight excluding hydrogens is 538 g/mol. The summed E-state index contributed by atoms with van der Waals surface area (Å²) in [5.41, 5.74) is 2.83. The highest BCUT2D eigenvalue weighted by Crippen LogP contribution is 2.29. The molecule has 0 aromatic heterocycles. The zero-order valence-corrected chi connectivity index (χ0v) is 25.6. The van der Waals surface area contributed by atoms with E-state index >= 15 is 0 Å². The van der Waals surface area contributed by atoms with Crippen LogP contribution in [0.5, 0.6) is 5.75 Å². The van der Waals surface area contributed by atoms with E-state index in [2.05, 4.69) is 5.32 Å². The van der Waals surface area contributed by atoms with E-state index in [4.69, 9.17) is 4.74 Å². The van der Waals surface area contributed by atoms with E-state index in [0.29, 0.717) is 17.9 Å². The maximum absolute atomic E-state index is 14.2. The van der Waals surface area contributed by atoms with Crippen molar-refractivity contribution >= 4 is 27.5 Å². The number of carbonyl (C=O) groups excluding carboxylic acids is 2. The third-order valence-electron chi connectivity index (χ3n) is 7.33. The summed E-state index contributed by atoms with van der Waals surface area (Å²) < 4.78 is 34.6. The van der Waals surface area contributed by atoms with Crippen LogP contribution in [0, 0.1) is 13.8 Å². The fraction of sp³-hybridized carbons (Fsp3) is 0.375. The normalized spacial score (nSPS) is 12.7. The Morgan fingerprint density at radius 1 is 0.927 bits per heavy atom. The van der Waals surface area contributed by atoms with Gasteiger partial charge in [-0.05, 0) is 80.6 Å². The fourth-order valence-corrected chi connectivity index (χ4v) is 6.06. The number of amides is 2. The molecule has 220 valence electrons. The van der Waals surface area contributed by atoms with Gasteiger partial charge in [0.05, 0.1) is 17.7 Å². The topological polar surface area (TPSA) is 96.0 Å². The largest absolute Gasteiger partial charge is 0.497 e. The first kappa shape index (κ1) is 31.7. The number of carbonyl (C=O) groups is 2. The molecule has 0 saturated heterocycles. The minimum Gasteiger partial charge on any atom is -0.497 e. The Labute approximate surface area is 244 Å². The van der Waals surface area contributed by atoms with Crippen molar-refractivity contribution in [3.05, 3.63) is 89.5 Å². The molecule has 0 aliphatic heterocycles. The molecule has 0 spiro atoms. The Hall–Kier alpha value is -3.85. The molecule has 2 atom stereocenters. The van der Waals surface area contributed by atoms with Gasteiger partial charge in [-0.2, -0.15) is 0 Å². The molecule has 3 aromatic carbocycles. The van der Waals surface area contributed by atoms with Gasteiger partial charge in [-0.15, -0.1) is 0 Å². The minimum atomic E-state index is -4.12. The molecule has 0 heterocycles. The van der Waals surface area contributed by atoms with E-state index < -0.39 is 28.5 Å². The highest BCUT2D eigenvalue weighted by atomic mass is 32.2. The summed E-state index contributed by atoms with van der Waals surface area (Å²) in [7, 11) is -2.55. The summed E-state index contributed by atoms with van der Waals surface area (Å²) >= 11 is 0. The summed E-state index contributed by atoms with van der Waals surface area (Å²) in [5, 5.41) is 2.99. The van der Waals surface area contributed by atoms with E-state index in [-0.39, 0.29) is 23.4 Å². The standard InChI is InChI=1S/C32H41N3O5S/c1-7-24(4)33-32(37)29(8-2)34(21-26-15-13-16-27(20-26)40-6)31(36)22-35(30-19-12-14-23(3)25(30)5)41(38,39)28-17-10-9-11-18-28/h9-20,24,29H,7-8,21-22H2,1-6H3,(H,33,37)/t24-,29+/m0/s1. The van der Waals surface area contributed by atoms with E-state index in [9.17, 15) is 18.0 Å². The van der Waals surface area contributed by atoms with Crippen LogP contribution in [0.15, 0.2) is 77.7 Å². The van der Waals surface area contributed by atoms with Gasteiger partial charge in [0.2, 0.25) is 11.8 Å². The van der Waals surface area contributed by atoms with Crippen LogP contribution in [0.2, 0.25) is 0 Å². The van der Waals surface area contributed by atoms with Gasteiger partial charge in [0.1, 0.15) is 18.3 Å². The molecule has 1 N–H and O–H groups in total. The van der Waals surface area contributed by atoms with Gasteiger partial charge in [0.15, 0.2) is 0 Å². The van der Waals surface area contributed by atoms with Crippen molar-refractivity contribution in [3.8, 4) is 5.75 Å². The second-order valence-corrected chi connectivity index (χ2v) is 12.0. The summed E-state index contributed by atoms with van der Waals surface area (Å²) in [6, 6.07) is 19.9. The van der Waals surface area contributed by atoms with Crippen LogP contribution in [0.4, 0.5) is 5.69 Å². The zero-order valence-electron chi connectivity index (χ0n) is 24.8. The van der Waals surface area contributed by atoms with Gasteiger partial charge in [-0.25, -0.2) is 8.42 Å². The number of benzene rings is 3. The van der Waals surface area contributed by atoms with Crippen molar-refractivity contribution in [3.63, 3.8) is 0 Å². The molecule has 0 fully saturated rings. The first-order valence-electron chi connectivity index (χ1n) is 13.9. The van der Waals surface area contributed by atoms with E-state index in [1.165, 1.54) is 17.0 Å². The minimum absolute atomic E-state index is 0.0739. The number of nitrogens with zero attached hydrogens (tertiary/aromatic N) is 2.